The van der Waals surface area contributed by atoms with E-state index in [0.717, 1.165) is 51.5 Å². The van der Waals surface area contributed by atoms with Crippen molar-refractivity contribution in [1.82, 2.24) is 24.8 Å². The standard InChI is InChI=1S/C15H25N5O3/c1-2-13-16-14(23-17-13)11-18-3-5-19(6-4-18)12-15(21)20-7-9-22-10-8-20/h2-12H2,1H3. The number of carbonyl (C=O) groups excluding carboxylic acids is 1. The normalized spacial score (nSPS) is 20.8. The minimum atomic E-state index is 0.214. The summed E-state index contributed by atoms with van der Waals surface area (Å²) >= 11 is 0. The second kappa shape index (κ2) is 7.85. The van der Waals surface area contributed by atoms with Gasteiger partial charge in [0.25, 0.3) is 0 Å². The molecule has 0 aromatic carbocycles. The van der Waals surface area contributed by atoms with Crippen molar-refractivity contribution in [2.45, 2.75) is 19.9 Å². The molecule has 0 radical (unpaired) electrons. The summed E-state index contributed by atoms with van der Waals surface area (Å²) in [5, 5.41) is 3.92. The summed E-state index contributed by atoms with van der Waals surface area (Å²) < 4.78 is 10.5. The van der Waals surface area contributed by atoms with Crippen LogP contribution in [0.4, 0.5) is 0 Å². The molecule has 0 aliphatic carbocycles. The summed E-state index contributed by atoms with van der Waals surface area (Å²) in [4.78, 5) is 23.0. The zero-order valence-corrected chi connectivity index (χ0v) is 13.7. The van der Waals surface area contributed by atoms with E-state index in [1.54, 1.807) is 0 Å². The van der Waals surface area contributed by atoms with Crippen LogP contribution in [-0.4, -0.2) is 89.8 Å². The van der Waals surface area contributed by atoms with Gasteiger partial charge in [-0.3, -0.25) is 14.6 Å². The van der Waals surface area contributed by atoms with Gasteiger partial charge in [-0.2, -0.15) is 4.98 Å². The Hall–Kier alpha value is -1.51. The zero-order chi connectivity index (χ0) is 16.1. The molecule has 0 saturated carbocycles. The van der Waals surface area contributed by atoms with E-state index in [2.05, 4.69) is 19.9 Å². The van der Waals surface area contributed by atoms with Crippen molar-refractivity contribution >= 4 is 5.91 Å². The van der Waals surface area contributed by atoms with E-state index in [9.17, 15) is 4.79 Å². The number of carbonyl (C=O) groups is 1. The molecule has 8 heteroatoms. The van der Waals surface area contributed by atoms with Crippen LogP contribution in [0.3, 0.4) is 0 Å². The number of nitrogens with zero attached hydrogens (tertiary/aromatic N) is 5. The van der Waals surface area contributed by atoms with Gasteiger partial charge in [-0.05, 0) is 0 Å². The molecule has 0 unspecified atom stereocenters. The van der Waals surface area contributed by atoms with Gasteiger partial charge in [-0.15, -0.1) is 0 Å². The Bertz CT molecular complexity index is 507. The predicted molar refractivity (Wildman–Crippen MR) is 82.8 cm³/mol. The van der Waals surface area contributed by atoms with Crippen LogP contribution < -0.4 is 0 Å². The summed E-state index contributed by atoms with van der Waals surface area (Å²) in [5.41, 5.74) is 0. The molecule has 0 atom stereocenters. The Morgan fingerprint density at radius 3 is 2.43 bits per heavy atom. The second-order valence-corrected chi connectivity index (χ2v) is 6.00. The van der Waals surface area contributed by atoms with Crippen molar-refractivity contribution in [2.75, 3.05) is 59.0 Å². The third kappa shape index (κ3) is 4.49. The smallest absolute Gasteiger partial charge is 0.240 e. The molecule has 2 aliphatic heterocycles. The van der Waals surface area contributed by atoms with Gasteiger partial charge in [0.2, 0.25) is 11.8 Å². The van der Waals surface area contributed by atoms with E-state index in [1.807, 2.05) is 11.8 Å². The SMILES string of the molecule is CCc1noc(CN2CCN(CC(=O)N3CCOCC3)CC2)n1. The minimum Gasteiger partial charge on any atom is -0.378 e. The molecule has 23 heavy (non-hydrogen) atoms. The molecule has 0 N–H and O–H groups in total. The van der Waals surface area contributed by atoms with Gasteiger partial charge in [0.1, 0.15) is 0 Å². The lowest BCUT2D eigenvalue weighted by atomic mass is 10.3. The van der Waals surface area contributed by atoms with Crippen LogP contribution in [0.25, 0.3) is 0 Å². The second-order valence-electron chi connectivity index (χ2n) is 6.00. The largest absolute Gasteiger partial charge is 0.378 e. The van der Waals surface area contributed by atoms with Crippen molar-refractivity contribution in [1.29, 1.82) is 0 Å². The average Bonchev–Trinajstić information content (AvgIpc) is 3.05. The lowest BCUT2D eigenvalue weighted by Crippen LogP contribution is -2.51. The van der Waals surface area contributed by atoms with Crippen LogP contribution >= 0.6 is 0 Å². The maximum absolute atomic E-state index is 12.3. The van der Waals surface area contributed by atoms with Crippen molar-refractivity contribution in [3.63, 3.8) is 0 Å². The molecular formula is C15H25N5O3. The Kier molecular flexibility index (Phi) is 5.58. The van der Waals surface area contributed by atoms with Gasteiger partial charge < -0.3 is 14.2 Å². The fourth-order valence-electron chi connectivity index (χ4n) is 2.90. The summed E-state index contributed by atoms with van der Waals surface area (Å²) in [7, 11) is 0. The van der Waals surface area contributed by atoms with Gasteiger partial charge >= 0.3 is 0 Å². The van der Waals surface area contributed by atoms with E-state index in [-0.39, 0.29) is 5.91 Å². The van der Waals surface area contributed by atoms with Gasteiger partial charge in [0.05, 0.1) is 26.3 Å². The molecule has 1 aromatic rings. The average molecular weight is 323 g/mol. The molecule has 2 aliphatic rings. The fraction of sp³-hybridized carbons (Fsp3) is 0.800. The molecular weight excluding hydrogens is 298 g/mol. The molecule has 128 valence electrons. The molecule has 0 bridgehead atoms. The monoisotopic (exact) mass is 323 g/mol. The summed E-state index contributed by atoms with van der Waals surface area (Å²) in [5.74, 6) is 1.65. The molecule has 0 spiro atoms. The highest BCUT2D eigenvalue weighted by Gasteiger charge is 2.23. The van der Waals surface area contributed by atoms with Crippen LogP contribution in [0.15, 0.2) is 4.52 Å². The lowest BCUT2D eigenvalue weighted by molar-refractivity contribution is -0.136. The van der Waals surface area contributed by atoms with Gasteiger partial charge in [0, 0.05) is 45.7 Å². The summed E-state index contributed by atoms with van der Waals surface area (Å²) in [6, 6.07) is 0. The molecule has 1 amide bonds. The Morgan fingerprint density at radius 2 is 1.78 bits per heavy atom. The first-order valence-corrected chi connectivity index (χ1v) is 8.36. The van der Waals surface area contributed by atoms with E-state index in [0.29, 0.717) is 32.2 Å². The highest BCUT2D eigenvalue weighted by atomic mass is 16.5. The van der Waals surface area contributed by atoms with E-state index >= 15 is 0 Å². The maximum atomic E-state index is 12.3. The van der Waals surface area contributed by atoms with Gasteiger partial charge in [-0.1, -0.05) is 12.1 Å². The van der Waals surface area contributed by atoms with Crippen molar-refractivity contribution in [3.05, 3.63) is 11.7 Å². The number of hydrogen-bond acceptors (Lipinski definition) is 7. The van der Waals surface area contributed by atoms with Crippen LogP contribution in [0.1, 0.15) is 18.6 Å². The molecule has 2 saturated heterocycles. The van der Waals surface area contributed by atoms with Gasteiger partial charge in [-0.25, -0.2) is 0 Å². The highest BCUT2D eigenvalue weighted by molar-refractivity contribution is 5.78. The van der Waals surface area contributed by atoms with Crippen molar-refractivity contribution in [3.8, 4) is 0 Å². The highest BCUT2D eigenvalue weighted by Crippen LogP contribution is 2.08. The number of morpholine rings is 1. The Labute approximate surface area is 136 Å². The number of amides is 1. The van der Waals surface area contributed by atoms with E-state index in [4.69, 9.17) is 9.26 Å². The fourth-order valence-corrected chi connectivity index (χ4v) is 2.90. The number of piperazine rings is 1. The van der Waals surface area contributed by atoms with Crippen LogP contribution in [0.2, 0.25) is 0 Å². The number of hydrogen-bond donors (Lipinski definition) is 0. The third-order valence-corrected chi connectivity index (χ3v) is 4.37. The maximum Gasteiger partial charge on any atom is 0.240 e. The summed E-state index contributed by atoms with van der Waals surface area (Å²) in [6.07, 6.45) is 0.793. The molecule has 3 rings (SSSR count). The number of rotatable bonds is 5. The van der Waals surface area contributed by atoms with Crippen molar-refractivity contribution in [2.24, 2.45) is 0 Å². The van der Waals surface area contributed by atoms with Crippen LogP contribution in [-0.2, 0) is 22.5 Å². The molecule has 3 heterocycles. The molecule has 1 aromatic heterocycles. The van der Waals surface area contributed by atoms with Gasteiger partial charge in [0.15, 0.2) is 5.82 Å². The first-order valence-electron chi connectivity index (χ1n) is 8.36. The lowest BCUT2D eigenvalue weighted by Gasteiger charge is -2.35. The number of aromatic nitrogens is 2. The first-order chi connectivity index (χ1) is 11.2. The van der Waals surface area contributed by atoms with Crippen molar-refractivity contribution < 1.29 is 14.1 Å². The summed E-state index contributed by atoms with van der Waals surface area (Å²) in [6.45, 7) is 9.58. The number of aryl methyl sites for hydroxylation is 1. The quantitative estimate of drug-likeness (QED) is 0.730. The van der Waals surface area contributed by atoms with E-state index in [1.165, 1.54) is 0 Å². The predicted octanol–water partition coefficient (Wildman–Crippen LogP) is -0.392. The minimum absolute atomic E-state index is 0.214. The molecule has 8 nitrogen and oxygen atoms in total. The topological polar surface area (TPSA) is 74.9 Å². The molecule has 2 fully saturated rings. The van der Waals surface area contributed by atoms with Crippen LogP contribution in [0.5, 0.6) is 0 Å². The van der Waals surface area contributed by atoms with Crippen LogP contribution in [0, 0.1) is 0 Å². The van der Waals surface area contributed by atoms with E-state index < -0.39 is 0 Å². The Balaban J connectivity index is 1.40. The third-order valence-electron chi connectivity index (χ3n) is 4.37. The Morgan fingerprint density at radius 1 is 1.09 bits per heavy atom. The number of ether oxygens (including phenoxy) is 1. The first kappa shape index (κ1) is 16.4. The zero-order valence-electron chi connectivity index (χ0n) is 13.7.